The van der Waals surface area contributed by atoms with Gasteiger partial charge in [0.2, 0.25) is 0 Å². The summed E-state index contributed by atoms with van der Waals surface area (Å²) in [5, 5.41) is 7.17. The van der Waals surface area contributed by atoms with Gasteiger partial charge in [0.15, 0.2) is 0 Å². The zero-order valence-corrected chi connectivity index (χ0v) is 11.8. The Hall–Kier alpha value is -2.01. The maximum Gasteiger partial charge on any atom is 0.142 e. The molecular weight excluding hydrogens is 276 g/mol. The highest BCUT2D eigenvalue weighted by Crippen LogP contribution is 2.30. The molecule has 0 bridgehead atoms. The molecule has 104 valence electrons. The molecule has 0 aliphatic heterocycles. The molecule has 1 fully saturated rings. The predicted molar refractivity (Wildman–Crippen MR) is 80.0 cm³/mol. The molecule has 3 rings (SSSR count). The molecule has 0 amide bonds. The standard InChI is InChI=1S/C14H15ClN4O/c1-20-12-5-2-9(15)6-11(12)19-14-7-13(16-8-17-14)18-10-3-4-10/h2,5-8,10H,3-4H2,1H3,(H2,16,17,18,19). The van der Waals surface area contributed by atoms with Crippen molar-refractivity contribution in [2.45, 2.75) is 18.9 Å². The van der Waals surface area contributed by atoms with E-state index in [0.29, 0.717) is 22.6 Å². The fraction of sp³-hybridized carbons (Fsp3) is 0.286. The van der Waals surface area contributed by atoms with Gasteiger partial charge in [-0.25, -0.2) is 9.97 Å². The third-order valence-corrected chi connectivity index (χ3v) is 3.26. The first-order valence-corrected chi connectivity index (χ1v) is 6.81. The van der Waals surface area contributed by atoms with Crippen LogP contribution in [0.15, 0.2) is 30.6 Å². The van der Waals surface area contributed by atoms with E-state index >= 15 is 0 Å². The minimum atomic E-state index is 0.554. The Morgan fingerprint density at radius 3 is 2.75 bits per heavy atom. The van der Waals surface area contributed by atoms with Crippen molar-refractivity contribution in [1.29, 1.82) is 0 Å². The van der Waals surface area contributed by atoms with Crippen molar-refractivity contribution in [2.75, 3.05) is 17.7 Å². The number of anilines is 3. The van der Waals surface area contributed by atoms with E-state index in [4.69, 9.17) is 16.3 Å². The van der Waals surface area contributed by atoms with Gasteiger partial charge in [0.1, 0.15) is 23.7 Å². The number of hydrogen-bond donors (Lipinski definition) is 2. The fourth-order valence-electron chi connectivity index (χ4n) is 1.86. The molecule has 1 saturated carbocycles. The fourth-order valence-corrected chi connectivity index (χ4v) is 2.03. The molecule has 0 spiro atoms. The third kappa shape index (κ3) is 3.11. The molecule has 1 heterocycles. The van der Waals surface area contributed by atoms with E-state index in [1.165, 1.54) is 19.2 Å². The number of methoxy groups -OCH3 is 1. The number of benzene rings is 1. The summed E-state index contributed by atoms with van der Waals surface area (Å²) in [5.41, 5.74) is 0.774. The summed E-state index contributed by atoms with van der Waals surface area (Å²) in [6.07, 6.45) is 3.94. The average molecular weight is 291 g/mol. The van der Waals surface area contributed by atoms with Crippen LogP contribution >= 0.6 is 11.6 Å². The van der Waals surface area contributed by atoms with E-state index in [1.807, 2.05) is 12.1 Å². The van der Waals surface area contributed by atoms with Crippen molar-refractivity contribution < 1.29 is 4.74 Å². The van der Waals surface area contributed by atoms with E-state index in [1.54, 1.807) is 19.2 Å². The summed E-state index contributed by atoms with van der Waals surface area (Å²) in [7, 11) is 1.62. The van der Waals surface area contributed by atoms with Gasteiger partial charge < -0.3 is 15.4 Å². The number of nitrogens with zero attached hydrogens (tertiary/aromatic N) is 2. The van der Waals surface area contributed by atoms with Crippen LogP contribution in [-0.4, -0.2) is 23.1 Å². The summed E-state index contributed by atoms with van der Waals surface area (Å²) < 4.78 is 5.30. The molecule has 1 aliphatic carbocycles. The molecule has 5 nitrogen and oxygen atoms in total. The molecule has 1 aromatic heterocycles. The Morgan fingerprint density at radius 2 is 2.00 bits per heavy atom. The topological polar surface area (TPSA) is 59.1 Å². The Bertz CT molecular complexity index is 616. The number of aromatic nitrogens is 2. The Morgan fingerprint density at radius 1 is 1.20 bits per heavy atom. The number of nitrogens with one attached hydrogen (secondary N) is 2. The van der Waals surface area contributed by atoms with E-state index in [-0.39, 0.29) is 0 Å². The van der Waals surface area contributed by atoms with Crippen LogP contribution in [0, 0.1) is 0 Å². The Kier molecular flexibility index (Phi) is 3.60. The minimum absolute atomic E-state index is 0.554. The lowest BCUT2D eigenvalue weighted by atomic mass is 10.3. The van der Waals surface area contributed by atoms with Gasteiger partial charge in [-0.1, -0.05) is 11.6 Å². The number of halogens is 1. The average Bonchev–Trinajstić information content (AvgIpc) is 3.23. The maximum atomic E-state index is 6.01. The number of ether oxygens (including phenoxy) is 1. The first-order valence-electron chi connectivity index (χ1n) is 6.44. The zero-order valence-electron chi connectivity index (χ0n) is 11.1. The van der Waals surface area contributed by atoms with Gasteiger partial charge in [0.05, 0.1) is 12.8 Å². The summed E-state index contributed by atoms with van der Waals surface area (Å²) in [5.74, 6) is 2.24. The van der Waals surface area contributed by atoms with Crippen LogP contribution in [0.1, 0.15) is 12.8 Å². The summed E-state index contributed by atoms with van der Waals surface area (Å²) in [6, 6.07) is 7.83. The minimum Gasteiger partial charge on any atom is -0.495 e. The SMILES string of the molecule is COc1ccc(Cl)cc1Nc1cc(NC2CC2)ncn1. The molecule has 0 saturated heterocycles. The van der Waals surface area contributed by atoms with Crippen LogP contribution in [0.25, 0.3) is 0 Å². The number of rotatable bonds is 5. The molecule has 0 unspecified atom stereocenters. The van der Waals surface area contributed by atoms with Crippen LogP contribution in [0.5, 0.6) is 5.75 Å². The molecule has 0 radical (unpaired) electrons. The predicted octanol–water partition coefficient (Wildman–Crippen LogP) is 3.46. The van der Waals surface area contributed by atoms with Crippen molar-refractivity contribution in [3.05, 3.63) is 35.6 Å². The third-order valence-electron chi connectivity index (χ3n) is 3.02. The van der Waals surface area contributed by atoms with Gasteiger partial charge in [0.25, 0.3) is 0 Å². The molecule has 20 heavy (non-hydrogen) atoms. The molecule has 2 N–H and O–H groups in total. The molecule has 1 aromatic carbocycles. The van der Waals surface area contributed by atoms with Crippen LogP contribution in [0.4, 0.5) is 17.3 Å². The van der Waals surface area contributed by atoms with E-state index in [0.717, 1.165) is 11.5 Å². The van der Waals surface area contributed by atoms with Crippen LogP contribution < -0.4 is 15.4 Å². The van der Waals surface area contributed by atoms with Crippen molar-refractivity contribution in [3.8, 4) is 5.75 Å². The Labute approximate surface area is 122 Å². The highest BCUT2D eigenvalue weighted by atomic mass is 35.5. The second-order valence-electron chi connectivity index (χ2n) is 4.68. The quantitative estimate of drug-likeness (QED) is 0.883. The lowest BCUT2D eigenvalue weighted by Crippen LogP contribution is -2.04. The van der Waals surface area contributed by atoms with Gasteiger partial charge >= 0.3 is 0 Å². The second-order valence-corrected chi connectivity index (χ2v) is 5.11. The maximum absolute atomic E-state index is 6.01. The van der Waals surface area contributed by atoms with Gasteiger partial charge in [-0.2, -0.15) is 0 Å². The van der Waals surface area contributed by atoms with Gasteiger partial charge in [-0.3, -0.25) is 0 Å². The monoisotopic (exact) mass is 290 g/mol. The molecule has 0 atom stereocenters. The first kappa shape index (κ1) is 13.0. The van der Waals surface area contributed by atoms with Gasteiger partial charge in [-0.15, -0.1) is 0 Å². The van der Waals surface area contributed by atoms with Crippen molar-refractivity contribution in [2.24, 2.45) is 0 Å². The number of hydrogen-bond acceptors (Lipinski definition) is 5. The molecular formula is C14H15ClN4O. The summed E-state index contributed by atoms with van der Waals surface area (Å²) in [4.78, 5) is 8.41. The van der Waals surface area contributed by atoms with Crippen LogP contribution in [-0.2, 0) is 0 Å². The highest BCUT2D eigenvalue weighted by Gasteiger charge is 2.21. The van der Waals surface area contributed by atoms with E-state index < -0.39 is 0 Å². The summed E-state index contributed by atoms with van der Waals surface area (Å²) >= 11 is 6.01. The van der Waals surface area contributed by atoms with Gasteiger partial charge in [-0.05, 0) is 31.0 Å². The smallest absolute Gasteiger partial charge is 0.142 e. The second kappa shape index (κ2) is 5.54. The zero-order chi connectivity index (χ0) is 13.9. The van der Waals surface area contributed by atoms with Crippen LogP contribution in [0.2, 0.25) is 5.02 Å². The summed E-state index contributed by atoms with van der Waals surface area (Å²) in [6.45, 7) is 0. The van der Waals surface area contributed by atoms with Gasteiger partial charge in [0, 0.05) is 17.1 Å². The van der Waals surface area contributed by atoms with E-state index in [9.17, 15) is 0 Å². The molecule has 2 aromatic rings. The molecule has 6 heteroatoms. The first-order chi connectivity index (χ1) is 9.74. The lowest BCUT2D eigenvalue weighted by molar-refractivity contribution is 0.417. The van der Waals surface area contributed by atoms with Crippen molar-refractivity contribution in [3.63, 3.8) is 0 Å². The van der Waals surface area contributed by atoms with Crippen LogP contribution in [0.3, 0.4) is 0 Å². The van der Waals surface area contributed by atoms with Crippen molar-refractivity contribution >= 4 is 28.9 Å². The normalized spacial score (nSPS) is 13.9. The van der Waals surface area contributed by atoms with E-state index in [2.05, 4.69) is 20.6 Å². The molecule has 1 aliphatic rings. The largest absolute Gasteiger partial charge is 0.495 e. The highest BCUT2D eigenvalue weighted by molar-refractivity contribution is 6.31. The Balaban J connectivity index is 1.81. The van der Waals surface area contributed by atoms with Crippen molar-refractivity contribution in [1.82, 2.24) is 9.97 Å². The lowest BCUT2D eigenvalue weighted by Gasteiger charge is -2.11.